The van der Waals surface area contributed by atoms with Gasteiger partial charge in [-0.1, -0.05) is 51.1 Å². The Morgan fingerprint density at radius 1 is 1.22 bits per heavy atom. The van der Waals surface area contributed by atoms with E-state index in [-0.39, 0.29) is 12.0 Å². The zero-order valence-corrected chi connectivity index (χ0v) is 15.7. The molecule has 0 amide bonds. The summed E-state index contributed by atoms with van der Waals surface area (Å²) in [6.07, 6.45) is 2.82. The smallest absolute Gasteiger partial charge is 0.337 e. The van der Waals surface area contributed by atoms with Crippen molar-refractivity contribution in [2.75, 3.05) is 0 Å². The molecule has 2 N–H and O–H groups in total. The normalized spacial score (nSPS) is 12.6. The number of nitrogens with one attached hydrogen (secondary N) is 1. The van der Waals surface area contributed by atoms with E-state index < -0.39 is 33.5 Å². The Hall–Kier alpha value is -2.96. The standard InChI is InChI=1S/C20H24N2O5/c1-20(2,3)16(19(24)25)15-12-21-18(23)17(22(26)27)14(15)11-7-10-13-8-5-4-6-9-13/h4-6,8-9,12,16H,7,10-11H2,1-3H3,(H,21,23)(H,24,25). The van der Waals surface area contributed by atoms with E-state index in [4.69, 9.17) is 0 Å². The molecule has 0 saturated heterocycles. The number of aryl methyl sites for hydroxylation is 1. The molecular formula is C20H24N2O5. The first-order chi connectivity index (χ1) is 12.6. The first-order valence-corrected chi connectivity index (χ1v) is 8.78. The predicted octanol–water partition coefficient (Wildman–Crippen LogP) is 3.67. The average Bonchev–Trinajstić information content (AvgIpc) is 2.56. The molecule has 0 fully saturated rings. The largest absolute Gasteiger partial charge is 0.481 e. The zero-order chi connectivity index (χ0) is 20.2. The average molecular weight is 372 g/mol. The number of hydrogen-bond donors (Lipinski definition) is 2. The van der Waals surface area contributed by atoms with Crippen LogP contribution in [0.15, 0.2) is 41.3 Å². The molecule has 7 heteroatoms. The Morgan fingerprint density at radius 3 is 2.37 bits per heavy atom. The molecule has 1 atom stereocenters. The third-order valence-corrected chi connectivity index (χ3v) is 4.55. The van der Waals surface area contributed by atoms with Crippen molar-refractivity contribution in [3.05, 3.63) is 73.7 Å². The van der Waals surface area contributed by atoms with E-state index in [9.17, 15) is 24.8 Å². The number of benzene rings is 1. The molecule has 1 unspecified atom stereocenters. The van der Waals surface area contributed by atoms with Gasteiger partial charge in [-0.05, 0) is 35.8 Å². The van der Waals surface area contributed by atoms with Crippen LogP contribution in [0.3, 0.4) is 0 Å². The molecule has 1 aromatic carbocycles. The van der Waals surface area contributed by atoms with Gasteiger partial charge < -0.3 is 10.1 Å². The maximum atomic E-state index is 12.1. The summed E-state index contributed by atoms with van der Waals surface area (Å²) in [6, 6.07) is 9.65. The zero-order valence-electron chi connectivity index (χ0n) is 15.7. The van der Waals surface area contributed by atoms with Crippen LogP contribution in [0.4, 0.5) is 5.69 Å². The minimum Gasteiger partial charge on any atom is -0.481 e. The summed E-state index contributed by atoms with van der Waals surface area (Å²) in [4.78, 5) is 37.1. The maximum absolute atomic E-state index is 12.1. The van der Waals surface area contributed by atoms with E-state index in [0.29, 0.717) is 18.4 Å². The van der Waals surface area contributed by atoms with Crippen molar-refractivity contribution in [3.8, 4) is 0 Å². The van der Waals surface area contributed by atoms with Gasteiger partial charge in [0.05, 0.1) is 10.8 Å². The molecule has 0 radical (unpaired) electrons. The lowest BCUT2D eigenvalue weighted by Gasteiger charge is -2.28. The van der Waals surface area contributed by atoms with Crippen molar-refractivity contribution >= 4 is 11.7 Å². The van der Waals surface area contributed by atoms with Crippen LogP contribution in [0, 0.1) is 15.5 Å². The van der Waals surface area contributed by atoms with Crippen LogP contribution >= 0.6 is 0 Å². The molecule has 0 spiro atoms. The van der Waals surface area contributed by atoms with Crippen LogP contribution in [0.5, 0.6) is 0 Å². The fourth-order valence-corrected chi connectivity index (χ4v) is 3.37. The van der Waals surface area contributed by atoms with Gasteiger partial charge in [0, 0.05) is 11.8 Å². The number of aromatic nitrogens is 1. The van der Waals surface area contributed by atoms with Gasteiger partial charge in [-0.25, -0.2) is 0 Å². The van der Waals surface area contributed by atoms with E-state index >= 15 is 0 Å². The van der Waals surface area contributed by atoms with Gasteiger partial charge in [0.2, 0.25) is 0 Å². The first kappa shape index (κ1) is 20.4. The summed E-state index contributed by atoms with van der Waals surface area (Å²) >= 11 is 0. The predicted molar refractivity (Wildman–Crippen MR) is 102 cm³/mol. The topological polar surface area (TPSA) is 113 Å². The highest BCUT2D eigenvalue weighted by Gasteiger charge is 2.37. The number of nitrogens with zero attached hydrogens (tertiary/aromatic N) is 1. The molecule has 1 aromatic heterocycles. The summed E-state index contributed by atoms with van der Waals surface area (Å²) in [5.41, 5.74) is -0.451. The lowest BCUT2D eigenvalue weighted by Crippen LogP contribution is -2.29. The van der Waals surface area contributed by atoms with Gasteiger partial charge in [0.25, 0.3) is 0 Å². The van der Waals surface area contributed by atoms with Crippen LogP contribution in [0.1, 0.15) is 49.8 Å². The Morgan fingerprint density at radius 2 is 1.85 bits per heavy atom. The molecule has 1 heterocycles. The molecule has 0 aliphatic carbocycles. The maximum Gasteiger partial charge on any atom is 0.337 e. The van der Waals surface area contributed by atoms with Gasteiger partial charge in [-0.2, -0.15) is 0 Å². The number of nitro groups is 1. The van der Waals surface area contributed by atoms with Crippen molar-refractivity contribution in [1.82, 2.24) is 4.98 Å². The number of carbonyl (C=O) groups is 1. The number of rotatable bonds is 7. The van der Waals surface area contributed by atoms with Gasteiger partial charge in [0.1, 0.15) is 0 Å². The molecule has 0 aliphatic rings. The lowest BCUT2D eigenvalue weighted by atomic mass is 9.75. The second-order valence-electron chi connectivity index (χ2n) is 7.63. The van der Waals surface area contributed by atoms with Crippen LogP contribution in [-0.2, 0) is 17.6 Å². The summed E-state index contributed by atoms with van der Waals surface area (Å²) in [6.45, 7) is 5.28. The van der Waals surface area contributed by atoms with Crippen molar-refractivity contribution in [1.29, 1.82) is 0 Å². The van der Waals surface area contributed by atoms with E-state index in [1.54, 1.807) is 20.8 Å². The van der Waals surface area contributed by atoms with E-state index in [0.717, 1.165) is 5.56 Å². The van der Waals surface area contributed by atoms with Crippen LogP contribution in [0.25, 0.3) is 0 Å². The van der Waals surface area contributed by atoms with Crippen LogP contribution in [0.2, 0.25) is 0 Å². The number of pyridine rings is 1. The van der Waals surface area contributed by atoms with Crippen LogP contribution < -0.4 is 5.56 Å². The summed E-state index contributed by atoms with van der Waals surface area (Å²) in [7, 11) is 0. The summed E-state index contributed by atoms with van der Waals surface area (Å²) in [5, 5.41) is 21.2. The Bertz CT molecular complexity index is 881. The van der Waals surface area contributed by atoms with Gasteiger partial charge in [0.15, 0.2) is 0 Å². The fraction of sp³-hybridized carbons (Fsp3) is 0.400. The lowest BCUT2D eigenvalue weighted by molar-refractivity contribution is -0.387. The van der Waals surface area contributed by atoms with Crippen molar-refractivity contribution in [2.24, 2.45) is 5.41 Å². The second kappa shape index (κ2) is 8.16. The van der Waals surface area contributed by atoms with Crippen molar-refractivity contribution in [2.45, 2.75) is 46.0 Å². The van der Waals surface area contributed by atoms with Crippen LogP contribution in [-0.4, -0.2) is 21.0 Å². The molecular weight excluding hydrogens is 348 g/mol. The number of aliphatic carboxylic acids is 1. The molecule has 7 nitrogen and oxygen atoms in total. The Balaban J connectivity index is 2.48. The van der Waals surface area contributed by atoms with Gasteiger partial charge >= 0.3 is 17.2 Å². The number of carboxylic acids is 1. The number of aromatic amines is 1. The molecule has 0 saturated carbocycles. The minimum absolute atomic E-state index is 0.210. The fourth-order valence-electron chi connectivity index (χ4n) is 3.37. The second-order valence-corrected chi connectivity index (χ2v) is 7.63. The molecule has 2 aromatic rings. The highest BCUT2D eigenvalue weighted by atomic mass is 16.6. The third-order valence-electron chi connectivity index (χ3n) is 4.55. The number of H-pyrrole nitrogens is 1. The first-order valence-electron chi connectivity index (χ1n) is 8.78. The van der Waals surface area contributed by atoms with Crippen molar-refractivity contribution in [3.63, 3.8) is 0 Å². The molecule has 27 heavy (non-hydrogen) atoms. The quantitative estimate of drug-likeness (QED) is 0.568. The monoisotopic (exact) mass is 372 g/mol. The summed E-state index contributed by atoms with van der Waals surface area (Å²) < 4.78 is 0. The molecule has 0 aliphatic heterocycles. The highest BCUT2D eigenvalue weighted by Crippen LogP contribution is 2.38. The molecule has 2 rings (SSSR count). The third kappa shape index (κ3) is 4.81. The highest BCUT2D eigenvalue weighted by molar-refractivity contribution is 5.78. The molecule has 0 bridgehead atoms. The van der Waals surface area contributed by atoms with E-state index in [2.05, 4.69) is 4.98 Å². The number of hydrogen-bond acceptors (Lipinski definition) is 4. The Labute approximate surface area is 157 Å². The van der Waals surface area contributed by atoms with E-state index in [1.165, 1.54) is 6.20 Å². The van der Waals surface area contributed by atoms with Gasteiger partial charge in [-0.15, -0.1) is 0 Å². The SMILES string of the molecule is CC(C)(C)C(C(=O)O)c1c[nH]c(=O)c([N+](=O)[O-])c1CCCc1ccccc1. The molecule has 144 valence electrons. The number of carboxylic acid groups (broad SMARTS) is 1. The van der Waals surface area contributed by atoms with Crippen molar-refractivity contribution < 1.29 is 14.8 Å². The van der Waals surface area contributed by atoms with E-state index in [1.807, 2.05) is 30.3 Å². The van der Waals surface area contributed by atoms with Gasteiger partial charge in [-0.3, -0.25) is 19.7 Å². The Kier molecular flexibility index (Phi) is 6.15. The summed E-state index contributed by atoms with van der Waals surface area (Å²) in [5.74, 6) is -2.05. The minimum atomic E-state index is -1.08.